The van der Waals surface area contributed by atoms with Gasteiger partial charge in [-0.3, -0.25) is 14.4 Å². The van der Waals surface area contributed by atoms with E-state index in [9.17, 15) is 14.4 Å². The Kier molecular flexibility index (Phi) is 7.38. The molecule has 0 aromatic heterocycles. The molecule has 4 rings (SSSR count). The van der Waals surface area contributed by atoms with Crippen LogP contribution in [0.25, 0.3) is 0 Å². The van der Waals surface area contributed by atoms with Crippen LogP contribution in [0.3, 0.4) is 0 Å². The van der Waals surface area contributed by atoms with Crippen molar-refractivity contribution >= 4 is 17.7 Å². The van der Waals surface area contributed by atoms with Crippen LogP contribution >= 0.6 is 0 Å². The van der Waals surface area contributed by atoms with Gasteiger partial charge < -0.3 is 25.0 Å². The summed E-state index contributed by atoms with van der Waals surface area (Å²) in [5.74, 6) is 1.07. The van der Waals surface area contributed by atoms with Crippen molar-refractivity contribution in [1.29, 1.82) is 0 Å². The monoisotopic (exact) mass is 483 g/mol. The van der Waals surface area contributed by atoms with Gasteiger partial charge >= 0.3 is 0 Å². The average Bonchev–Trinajstić information content (AvgIpc) is 3.39. The molecule has 0 spiro atoms. The number of allylic oxidation sites excluding steroid dienone is 1. The van der Waals surface area contributed by atoms with Gasteiger partial charge in [0.25, 0.3) is 5.91 Å². The van der Waals surface area contributed by atoms with Crippen LogP contribution in [0.2, 0.25) is 0 Å². The lowest BCUT2D eigenvalue weighted by atomic mass is 9.90. The van der Waals surface area contributed by atoms with Gasteiger partial charge in [-0.05, 0) is 88.6 Å². The van der Waals surface area contributed by atoms with Crippen LogP contribution < -0.4 is 15.4 Å². The van der Waals surface area contributed by atoms with Crippen molar-refractivity contribution in [3.8, 4) is 5.75 Å². The zero-order chi connectivity index (χ0) is 25.3. The molecule has 1 aromatic rings. The van der Waals surface area contributed by atoms with Crippen molar-refractivity contribution in [3.05, 3.63) is 40.2 Å². The molecule has 0 radical (unpaired) electrons. The molecular formula is C27H37N3O5. The van der Waals surface area contributed by atoms with Crippen molar-refractivity contribution in [2.24, 2.45) is 0 Å². The maximum atomic E-state index is 13.2. The molecule has 35 heavy (non-hydrogen) atoms. The number of carbonyl (C=O) groups is 3. The van der Waals surface area contributed by atoms with Crippen molar-refractivity contribution in [1.82, 2.24) is 15.5 Å². The summed E-state index contributed by atoms with van der Waals surface area (Å²) in [4.78, 5) is 40.8. The number of carbonyl (C=O) groups excluding carboxylic acids is 3. The SMILES string of the molecule is COc1c(C)cc(C(=O)NC(C)C(=O)N2CCCC2C(=O)NC2CC(=C3CCC3)OC2C)cc1C. The van der Waals surface area contributed by atoms with Gasteiger partial charge in [0.1, 0.15) is 23.9 Å². The van der Waals surface area contributed by atoms with E-state index in [1.807, 2.05) is 20.8 Å². The standard InChI is InChI=1S/C27H37N3O5/c1-15-12-20(13-16(2)24(15)34-5)25(31)28-17(3)27(33)30-11-7-10-22(30)26(32)29-21-14-23(35-18(21)4)19-8-6-9-19/h12-13,17-18,21-22H,6-11,14H2,1-5H3,(H,28,31)(H,29,32). The fraction of sp³-hybridized carbons (Fsp3) is 0.593. The van der Waals surface area contributed by atoms with E-state index in [-0.39, 0.29) is 29.9 Å². The molecule has 8 heteroatoms. The second-order valence-corrected chi connectivity index (χ2v) is 10.1. The molecule has 2 saturated heterocycles. The lowest BCUT2D eigenvalue weighted by molar-refractivity contribution is -0.139. The van der Waals surface area contributed by atoms with Crippen molar-refractivity contribution in [2.75, 3.05) is 13.7 Å². The average molecular weight is 484 g/mol. The van der Waals surface area contributed by atoms with E-state index < -0.39 is 12.1 Å². The number of rotatable bonds is 6. The normalized spacial score (nSPS) is 24.5. The van der Waals surface area contributed by atoms with Gasteiger partial charge in [0.15, 0.2) is 0 Å². The maximum Gasteiger partial charge on any atom is 0.251 e. The summed E-state index contributed by atoms with van der Waals surface area (Å²) >= 11 is 0. The summed E-state index contributed by atoms with van der Waals surface area (Å²) < 4.78 is 11.4. The molecule has 1 aromatic carbocycles. The number of benzene rings is 1. The van der Waals surface area contributed by atoms with Gasteiger partial charge in [-0.15, -0.1) is 0 Å². The molecule has 8 nitrogen and oxygen atoms in total. The number of amides is 3. The predicted octanol–water partition coefficient (Wildman–Crippen LogP) is 3.15. The van der Waals surface area contributed by atoms with Crippen molar-refractivity contribution in [2.45, 2.75) is 90.4 Å². The number of hydrogen-bond donors (Lipinski definition) is 2. The summed E-state index contributed by atoms with van der Waals surface area (Å²) in [6, 6.07) is 2.15. The number of aryl methyl sites for hydroxylation is 2. The molecule has 3 fully saturated rings. The van der Waals surface area contributed by atoms with Crippen LogP contribution in [0.1, 0.15) is 73.9 Å². The third-order valence-corrected chi connectivity index (χ3v) is 7.46. The van der Waals surface area contributed by atoms with Crippen molar-refractivity contribution in [3.63, 3.8) is 0 Å². The Morgan fingerprint density at radius 3 is 2.43 bits per heavy atom. The van der Waals surface area contributed by atoms with Crippen LogP contribution in [0.15, 0.2) is 23.5 Å². The zero-order valence-electron chi connectivity index (χ0n) is 21.4. The summed E-state index contributed by atoms with van der Waals surface area (Å²) in [6.07, 6.45) is 5.40. The van der Waals surface area contributed by atoms with Gasteiger partial charge in [-0.25, -0.2) is 0 Å². The summed E-state index contributed by atoms with van der Waals surface area (Å²) in [6.45, 7) is 7.92. The Morgan fingerprint density at radius 2 is 1.83 bits per heavy atom. The Balaban J connectivity index is 1.37. The van der Waals surface area contributed by atoms with Crippen LogP contribution in [-0.4, -0.2) is 60.5 Å². The van der Waals surface area contributed by atoms with E-state index in [0.717, 1.165) is 48.3 Å². The first-order valence-electron chi connectivity index (χ1n) is 12.6. The fourth-order valence-corrected chi connectivity index (χ4v) is 5.32. The number of nitrogens with one attached hydrogen (secondary N) is 2. The Hall–Kier alpha value is -3.03. The number of methoxy groups -OCH3 is 1. The first kappa shape index (κ1) is 25.1. The predicted molar refractivity (Wildman–Crippen MR) is 132 cm³/mol. The summed E-state index contributed by atoms with van der Waals surface area (Å²) in [5.41, 5.74) is 3.56. The Morgan fingerprint density at radius 1 is 1.14 bits per heavy atom. The summed E-state index contributed by atoms with van der Waals surface area (Å²) in [5, 5.41) is 5.93. The minimum Gasteiger partial charge on any atom is -0.496 e. The third kappa shape index (κ3) is 5.16. The zero-order valence-corrected chi connectivity index (χ0v) is 21.4. The molecular weight excluding hydrogens is 446 g/mol. The molecule has 2 aliphatic heterocycles. The van der Waals surface area contributed by atoms with Gasteiger partial charge in [-0.1, -0.05) is 0 Å². The highest BCUT2D eigenvalue weighted by molar-refractivity contribution is 5.98. The molecule has 1 saturated carbocycles. The maximum absolute atomic E-state index is 13.2. The van der Waals surface area contributed by atoms with E-state index in [1.165, 1.54) is 12.0 Å². The van der Waals surface area contributed by atoms with Crippen LogP contribution in [0.4, 0.5) is 0 Å². The van der Waals surface area contributed by atoms with Gasteiger partial charge in [0, 0.05) is 18.5 Å². The smallest absolute Gasteiger partial charge is 0.251 e. The molecule has 0 bridgehead atoms. The highest BCUT2D eigenvalue weighted by atomic mass is 16.5. The van der Waals surface area contributed by atoms with Crippen LogP contribution in [-0.2, 0) is 14.3 Å². The van der Waals surface area contributed by atoms with Gasteiger partial charge in [0.05, 0.1) is 18.9 Å². The topological polar surface area (TPSA) is 97.0 Å². The van der Waals surface area contributed by atoms with E-state index >= 15 is 0 Å². The molecule has 190 valence electrons. The van der Waals surface area contributed by atoms with E-state index in [1.54, 1.807) is 31.1 Å². The minimum absolute atomic E-state index is 0.0813. The largest absolute Gasteiger partial charge is 0.496 e. The third-order valence-electron chi connectivity index (χ3n) is 7.46. The second kappa shape index (κ2) is 10.3. The molecule has 3 aliphatic rings. The van der Waals surface area contributed by atoms with Gasteiger partial charge in [0.2, 0.25) is 11.8 Å². The van der Waals surface area contributed by atoms with E-state index in [4.69, 9.17) is 9.47 Å². The molecule has 2 heterocycles. The lowest BCUT2D eigenvalue weighted by Crippen LogP contribution is -2.54. The molecule has 3 amide bonds. The first-order valence-corrected chi connectivity index (χ1v) is 12.6. The summed E-state index contributed by atoms with van der Waals surface area (Å²) in [7, 11) is 1.60. The Labute approximate surface area is 207 Å². The van der Waals surface area contributed by atoms with E-state index in [0.29, 0.717) is 18.5 Å². The number of ether oxygens (including phenoxy) is 2. The van der Waals surface area contributed by atoms with Crippen LogP contribution in [0.5, 0.6) is 5.75 Å². The minimum atomic E-state index is -0.748. The van der Waals surface area contributed by atoms with E-state index in [2.05, 4.69) is 10.6 Å². The number of nitrogens with zero attached hydrogens (tertiary/aromatic N) is 1. The fourth-order valence-electron chi connectivity index (χ4n) is 5.32. The molecule has 4 atom stereocenters. The number of likely N-dealkylation sites (tertiary alicyclic amines) is 1. The quantitative estimate of drug-likeness (QED) is 0.648. The Bertz CT molecular complexity index is 1020. The molecule has 2 N–H and O–H groups in total. The highest BCUT2D eigenvalue weighted by Gasteiger charge is 2.39. The van der Waals surface area contributed by atoms with Crippen LogP contribution in [0, 0.1) is 13.8 Å². The highest BCUT2D eigenvalue weighted by Crippen LogP contribution is 2.36. The first-order chi connectivity index (χ1) is 16.7. The number of hydrogen-bond acceptors (Lipinski definition) is 5. The lowest BCUT2D eigenvalue weighted by Gasteiger charge is -2.28. The van der Waals surface area contributed by atoms with Gasteiger partial charge in [-0.2, -0.15) is 0 Å². The second-order valence-electron chi connectivity index (χ2n) is 10.1. The molecule has 1 aliphatic carbocycles. The van der Waals surface area contributed by atoms with Crippen molar-refractivity contribution < 1.29 is 23.9 Å². The molecule has 4 unspecified atom stereocenters.